The summed E-state index contributed by atoms with van der Waals surface area (Å²) in [4.78, 5) is 24.4. The highest BCUT2D eigenvalue weighted by atomic mass is 16.1. The van der Waals surface area contributed by atoms with Crippen molar-refractivity contribution in [1.82, 2.24) is 19.4 Å². The average molecular weight is 373 g/mol. The molecule has 1 fully saturated rings. The molecule has 142 valence electrons. The fourth-order valence-corrected chi connectivity index (χ4v) is 4.38. The van der Waals surface area contributed by atoms with Crippen molar-refractivity contribution < 1.29 is 4.79 Å². The summed E-state index contributed by atoms with van der Waals surface area (Å²) in [5.74, 6) is 1.51. The number of fused-ring (bicyclic) bond motifs is 3. The summed E-state index contributed by atoms with van der Waals surface area (Å²) in [6.45, 7) is 1.52. The first-order chi connectivity index (χ1) is 13.7. The van der Waals surface area contributed by atoms with E-state index in [1.54, 1.807) is 0 Å². The van der Waals surface area contributed by atoms with Gasteiger partial charge >= 0.3 is 0 Å². The van der Waals surface area contributed by atoms with Crippen molar-refractivity contribution in [3.05, 3.63) is 48.5 Å². The van der Waals surface area contributed by atoms with E-state index >= 15 is 0 Å². The number of anilines is 1. The zero-order chi connectivity index (χ0) is 19.1. The highest BCUT2D eigenvalue weighted by Gasteiger charge is 2.24. The molecule has 6 nitrogen and oxygen atoms in total. The Kier molecular flexibility index (Phi) is 4.11. The van der Waals surface area contributed by atoms with Gasteiger partial charge in [0.25, 0.3) is 0 Å². The quantitative estimate of drug-likeness (QED) is 0.537. The number of carbonyl (C=O) groups excluding carboxylic acids is 1. The first-order valence-electron chi connectivity index (χ1n) is 9.93. The summed E-state index contributed by atoms with van der Waals surface area (Å²) >= 11 is 0. The molecule has 3 heterocycles. The Balaban J connectivity index is 1.72. The fraction of sp³-hybridized carbons (Fsp3) is 0.318. The van der Waals surface area contributed by atoms with Crippen molar-refractivity contribution in [1.29, 1.82) is 0 Å². The number of aromatic amines is 1. The highest BCUT2D eigenvalue weighted by Crippen LogP contribution is 2.37. The van der Waals surface area contributed by atoms with Crippen molar-refractivity contribution in [2.75, 3.05) is 5.32 Å². The summed E-state index contributed by atoms with van der Waals surface area (Å²) in [5.41, 5.74) is 5.63. The van der Waals surface area contributed by atoms with E-state index < -0.39 is 0 Å². The van der Waals surface area contributed by atoms with Crippen molar-refractivity contribution in [3.63, 3.8) is 0 Å². The van der Waals surface area contributed by atoms with Gasteiger partial charge in [0.15, 0.2) is 5.65 Å². The molecule has 4 aromatic rings. The molecule has 2 N–H and O–H groups in total. The van der Waals surface area contributed by atoms with Crippen LogP contribution >= 0.6 is 0 Å². The molecule has 6 heteroatoms. The van der Waals surface area contributed by atoms with E-state index in [0.717, 1.165) is 39.4 Å². The topological polar surface area (TPSA) is 75.1 Å². The van der Waals surface area contributed by atoms with Gasteiger partial charge in [0.2, 0.25) is 5.91 Å². The van der Waals surface area contributed by atoms with Crippen LogP contribution in [0.15, 0.2) is 42.7 Å². The molecule has 0 atom stereocenters. The van der Waals surface area contributed by atoms with Crippen molar-refractivity contribution in [2.45, 2.75) is 44.9 Å². The molecule has 0 unspecified atom stereocenters. The molecule has 0 radical (unpaired) electrons. The normalized spacial score (nSPS) is 15.3. The maximum atomic E-state index is 11.5. The third kappa shape index (κ3) is 2.85. The lowest BCUT2D eigenvalue weighted by Crippen LogP contribution is -2.09. The number of hydrogen-bond donors (Lipinski definition) is 2. The predicted molar refractivity (Wildman–Crippen MR) is 110 cm³/mol. The van der Waals surface area contributed by atoms with Gasteiger partial charge in [0, 0.05) is 30.3 Å². The standard InChI is InChI=1S/C22H23N5O/c1-14(28)25-17-9-5-8-16(12-17)20-19-13-24-21-18(10-11-23-21)27(19)22(26-20)15-6-3-2-4-7-15/h5,8-13,15,23H,2-4,6-7H2,1H3,(H,25,28). The molecular weight excluding hydrogens is 350 g/mol. The lowest BCUT2D eigenvalue weighted by Gasteiger charge is -2.20. The number of benzene rings is 1. The molecule has 1 saturated carbocycles. The van der Waals surface area contributed by atoms with Gasteiger partial charge in [-0.15, -0.1) is 0 Å². The summed E-state index contributed by atoms with van der Waals surface area (Å²) in [7, 11) is 0. The van der Waals surface area contributed by atoms with E-state index in [1.165, 1.54) is 39.0 Å². The molecule has 1 amide bonds. The van der Waals surface area contributed by atoms with Crippen LogP contribution in [0.3, 0.4) is 0 Å². The van der Waals surface area contributed by atoms with Gasteiger partial charge in [-0.1, -0.05) is 31.4 Å². The lowest BCUT2D eigenvalue weighted by atomic mass is 9.89. The molecule has 1 aromatic carbocycles. The fourth-order valence-electron chi connectivity index (χ4n) is 4.38. The predicted octanol–water partition coefficient (Wildman–Crippen LogP) is 4.88. The minimum atomic E-state index is -0.0783. The van der Waals surface area contributed by atoms with Gasteiger partial charge in [-0.2, -0.15) is 0 Å². The Hall–Kier alpha value is -3.15. The van der Waals surface area contributed by atoms with Crippen LogP contribution in [-0.4, -0.2) is 25.3 Å². The Bertz CT molecular complexity index is 1170. The van der Waals surface area contributed by atoms with E-state index in [4.69, 9.17) is 4.98 Å². The molecule has 0 spiro atoms. The molecule has 0 bridgehead atoms. The van der Waals surface area contributed by atoms with Crippen molar-refractivity contribution in [2.24, 2.45) is 0 Å². The Labute approximate surface area is 163 Å². The van der Waals surface area contributed by atoms with Crippen molar-refractivity contribution >= 4 is 28.3 Å². The van der Waals surface area contributed by atoms with Crippen LogP contribution in [0.25, 0.3) is 27.9 Å². The monoisotopic (exact) mass is 373 g/mol. The number of imidazole rings is 1. The van der Waals surface area contributed by atoms with Crippen LogP contribution in [0.4, 0.5) is 5.69 Å². The van der Waals surface area contributed by atoms with Crippen molar-refractivity contribution in [3.8, 4) is 11.3 Å². The summed E-state index contributed by atoms with van der Waals surface area (Å²) in [6, 6.07) is 9.94. The summed E-state index contributed by atoms with van der Waals surface area (Å²) in [5, 5.41) is 2.86. The van der Waals surface area contributed by atoms with Gasteiger partial charge in [0.05, 0.1) is 22.9 Å². The third-order valence-electron chi connectivity index (χ3n) is 5.63. The molecule has 28 heavy (non-hydrogen) atoms. The highest BCUT2D eigenvalue weighted by molar-refractivity contribution is 5.90. The van der Waals surface area contributed by atoms with E-state index in [1.807, 2.05) is 36.7 Å². The van der Waals surface area contributed by atoms with Crippen LogP contribution in [0.2, 0.25) is 0 Å². The van der Waals surface area contributed by atoms with Crippen LogP contribution in [0, 0.1) is 0 Å². The first kappa shape index (κ1) is 17.0. The molecule has 1 aliphatic rings. The number of amides is 1. The smallest absolute Gasteiger partial charge is 0.221 e. The molecular formula is C22H23N5O. The number of nitrogens with zero attached hydrogens (tertiary/aromatic N) is 3. The Morgan fingerprint density at radius 1 is 1.18 bits per heavy atom. The minimum Gasteiger partial charge on any atom is -0.345 e. The van der Waals surface area contributed by atoms with Gasteiger partial charge in [-0.3, -0.25) is 9.20 Å². The summed E-state index contributed by atoms with van der Waals surface area (Å²) < 4.78 is 2.27. The van der Waals surface area contributed by atoms with E-state index in [0.29, 0.717) is 5.92 Å². The Morgan fingerprint density at radius 3 is 2.86 bits per heavy atom. The van der Waals surface area contributed by atoms with Gasteiger partial charge in [-0.25, -0.2) is 9.97 Å². The van der Waals surface area contributed by atoms with Gasteiger partial charge in [-0.05, 0) is 31.0 Å². The zero-order valence-electron chi connectivity index (χ0n) is 15.9. The second kappa shape index (κ2) is 6.78. The number of aromatic nitrogens is 4. The average Bonchev–Trinajstić information content (AvgIpc) is 3.32. The van der Waals surface area contributed by atoms with Crippen LogP contribution in [-0.2, 0) is 4.79 Å². The number of carbonyl (C=O) groups is 1. The number of rotatable bonds is 3. The zero-order valence-corrected chi connectivity index (χ0v) is 15.9. The van der Waals surface area contributed by atoms with E-state index in [9.17, 15) is 4.79 Å². The number of H-pyrrole nitrogens is 1. The van der Waals surface area contributed by atoms with Crippen LogP contribution < -0.4 is 5.32 Å². The van der Waals surface area contributed by atoms with E-state index in [-0.39, 0.29) is 5.91 Å². The van der Waals surface area contributed by atoms with E-state index in [2.05, 4.69) is 25.8 Å². The summed E-state index contributed by atoms with van der Waals surface area (Å²) in [6.07, 6.45) is 10.0. The molecule has 0 aliphatic heterocycles. The minimum absolute atomic E-state index is 0.0783. The molecule has 5 rings (SSSR count). The lowest BCUT2D eigenvalue weighted by molar-refractivity contribution is -0.114. The largest absolute Gasteiger partial charge is 0.345 e. The number of nitrogens with one attached hydrogen (secondary N) is 2. The molecule has 1 aliphatic carbocycles. The second-order valence-electron chi connectivity index (χ2n) is 7.61. The first-order valence-corrected chi connectivity index (χ1v) is 9.93. The maximum absolute atomic E-state index is 11.5. The van der Waals surface area contributed by atoms with Crippen LogP contribution in [0.1, 0.15) is 50.8 Å². The van der Waals surface area contributed by atoms with Gasteiger partial charge < -0.3 is 10.3 Å². The number of hydrogen-bond acceptors (Lipinski definition) is 3. The Morgan fingerprint density at radius 2 is 2.04 bits per heavy atom. The molecule has 0 saturated heterocycles. The SMILES string of the molecule is CC(=O)Nc1cccc(-c2nc(C3CCCCC3)n3c2cnc2[nH]ccc23)c1. The third-order valence-corrected chi connectivity index (χ3v) is 5.63. The van der Waals surface area contributed by atoms with Crippen LogP contribution in [0.5, 0.6) is 0 Å². The van der Waals surface area contributed by atoms with Gasteiger partial charge in [0.1, 0.15) is 5.82 Å². The molecule has 3 aromatic heterocycles. The second-order valence-corrected chi connectivity index (χ2v) is 7.61. The maximum Gasteiger partial charge on any atom is 0.221 e.